The smallest absolute Gasteiger partial charge is 0.324 e. The van der Waals surface area contributed by atoms with Crippen LogP contribution in [-0.2, 0) is 11.3 Å². The summed E-state index contributed by atoms with van der Waals surface area (Å²) in [7, 11) is 0. The van der Waals surface area contributed by atoms with Gasteiger partial charge in [-0.1, -0.05) is 35.9 Å². The third-order valence-corrected chi connectivity index (χ3v) is 4.66. The number of fused-ring (bicyclic) bond motifs is 1. The van der Waals surface area contributed by atoms with Gasteiger partial charge in [0.25, 0.3) is 5.91 Å². The van der Waals surface area contributed by atoms with E-state index in [0.717, 1.165) is 10.3 Å². The lowest BCUT2D eigenvalue weighted by Gasteiger charge is -2.16. The van der Waals surface area contributed by atoms with Gasteiger partial charge in [-0.05, 0) is 29.8 Å². The van der Waals surface area contributed by atoms with Gasteiger partial charge in [-0.15, -0.1) is 0 Å². The van der Waals surface area contributed by atoms with Crippen molar-refractivity contribution >= 4 is 46.0 Å². The van der Waals surface area contributed by atoms with Crippen molar-refractivity contribution < 1.29 is 14.4 Å². The highest BCUT2D eigenvalue weighted by Gasteiger charge is 2.29. The first-order chi connectivity index (χ1) is 13.5. The van der Waals surface area contributed by atoms with Gasteiger partial charge < -0.3 is 10.6 Å². The van der Waals surface area contributed by atoms with Crippen molar-refractivity contribution in [1.29, 1.82) is 0 Å². The number of urea groups is 1. The maximum absolute atomic E-state index is 12.9. The van der Waals surface area contributed by atoms with Crippen molar-refractivity contribution in [2.24, 2.45) is 0 Å². The maximum atomic E-state index is 12.9. The summed E-state index contributed by atoms with van der Waals surface area (Å²) in [6.07, 6.45) is 1.64. The second kappa shape index (κ2) is 7.28. The van der Waals surface area contributed by atoms with Crippen molar-refractivity contribution in [3.8, 4) is 0 Å². The number of aromatic nitrogens is 1. The van der Waals surface area contributed by atoms with E-state index in [4.69, 9.17) is 11.6 Å². The molecule has 8 heteroatoms. The molecule has 2 aromatic carbocycles. The Hall–Kier alpha value is -3.45. The lowest BCUT2D eigenvalue weighted by atomic mass is 10.1. The van der Waals surface area contributed by atoms with Gasteiger partial charge in [-0.2, -0.15) is 0 Å². The second-order valence-corrected chi connectivity index (χ2v) is 6.71. The number of carbonyl (C=O) groups is 3. The minimum absolute atomic E-state index is 0.0167. The molecule has 3 aromatic rings. The van der Waals surface area contributed by atoms with Crippen LogP contribution in [0.15, 0.2) is 54.7 Å². The van der Waals surface area contributed by atoms with E-state index in [-0.39, 0.29) is 24.9 Å². The van der Waals surface area contributed by atoms with Crippen LogP contribution < -0.4 is 10.6 Å². The van der Waals surface area contributed by atoms with Gasteiger partial charge in [-0.3, -0.25) is 19.5 Å². The number of imide groups is 1. The van der Waals surface area contributed by atoms with E-state index in [1.807, 2.05) is 6.07 Å². The Balaban J connectivity index is 1.65. The number of hydrogen-bond donors (Lipinski definition) is 2. The predicted octanol–water partition coefficient (Wildman–Crippen LogP) is 3.19. The number of anilines is 1. The van der Waals surface area contributed by atoms with Gasteiger partial charge in [0.05, 0.1) is 24.3 Å². The highest BCUT2D eigenvalue weighted by molar-refractivity contribution is 6.32. The molecule has 4 amide bonds. The minimum Gasteiger partial charge on any atom is -0.329 e. The van der Waals surface area contributed by atoms with Crippen LogP contribution in [-0.4, -0.2) is 34.3 Å². The Morgan fingerprint density at radius 1 is 1.18 bits per heavy atom. The molecule has 1 aliphatic rings. The zero-order chi connectivity index (χ0) is 19.7. The SMILES string of the molecule is O=C(Nc1cc(Cl)cc2cccnc12)c1ccccc1CN1C(=O)CNC1=O. The molecule has 1 fully saturated rings. The zero-order valence-electron chi connectivity index (χ0n) is 14.6. The molecule has 0 spiro atoms. The number of halogens is 1. The fraction of sp³-hybridized carbons (Fsp3) is 0.100. The van der Waals surface area contributed by atoms with Gasteiger partial charge >= 0.3 is 6.03 Å². The van der Waals surface area contributed by atoms with Crippen LogP contribution in [0.5, 0.6) is 0 Å². The lowest BCUT2D eigenvalue weighted by Crippen LogP contribution is -2.31. The number of nitrogens with one attached hydrogen (secondary N) is 2. The largest absolute Gasteiger partial charge is 0.329 e. The van der Waals surface area contributed by atoms with Crippen LogP contribution >= 0.6 is 11.6 Å². The number of amides is 4. The van der Waals surface area contributed by atoms with Crippen LogP contribution in [0.25, 0.3) is 10.9 Å². The van der Waals surface area contributed by atoms with Crippen LogP contribution in [0, 0.1) is 0 Å². The molecule has 2 heterocycles. The third-order valence-electron chi connectivity index (χ3n) is 4.45. The number of nitrogens with zero attached hydrogens (tertiary/aromatic N) is 2. The topological polar surface area (TPSA) is 91.4 Å². The van der Waals surface area contributed by atoms with Gasteiger partial charge in [0.15, 0.2) is 0 Å². The molecule has 0 aliphatic carbocycles. The van der Waals surface area contributed by atoms with E-state index >= 15 is 0 Å². The summed E-state index contributed by atoms with van der Waals surface area (Å²) in [5.41, 5.74) is 2.02. The fourth-order valence-electron chi connectivity index (χ4n) is 3.11. The Morgan fingerprint density at radius 2 is 2.00 bits per heavy atom. The molecule has 4 rings (SSSR count). The summed E-state index contributed by atoms with van der Waals surface area (Å²) in [6.45, 7) is -0.0177. The van der Waals surface area contributed by atoms with Crippen LogP contribution in [0.3, 0.4) is 0 Å². The molecule has 1 aromatic heterocycles. The summed E-state index contributed by atoms with van der Waals surface area (Å²) < 4.78 is 0. The number of carbonyl (C=O) groups excluding carboxylic acids is 3. The van der Waals surface area contributed by atoms with E-state index in [2.05, 4.69) is 15.6 Å². The normalized spacial score (nSPS) is 13.7. The highest BCUT2D eigenvalue weighted by Crippen LogP contribution is 2.27. The number of hydrogen-bond acceptors (Lipinski definition) is 4. The monoisotopic (exact) mass is 394 g/mol. The highest BCUT2D eigenvalue weighted by atomic mass is 35.5. The van der Waals surface area contributed by atoms with E-state index < -0.39 is 6.03 Å². The quantitative estimate of drug-likeness (QED) is 0.665. The van der Waals surface area contributed by atoms with E-state index in [1.54, 1.807) is 48.7 Å². The molecule has 0 unspecified atom stereocenters. The molecular formula is C20H15ClN4O3. The zero-order valence-corrected chi connectivity index (χ0v) is 15.4. The lowest BCUT2D eigenvalue weighted by molar-refractivity contribution is -0.125. The molecule has 28 heavy (non-hydrogen) atoms. The molecule has 140 valence electrons. The maximum Gasteiger partial charge on any atom is 0.324 e. The predicted molar refractivity (Wildman–Crippen MR) is 105 cm³/mol. The first-order valence-corrected chi connectivity index (χ1v) is 8.92. The first-order valence-electron chi connectivity index (χ1n) is 8.54. The number of benzene rings is 2. The number of rotatable bonds is 4. The van der Waals surface area contributed by atoms with Crippen LogP contribution in [0.4, 0.5) is 10.5 Å². The van der Waals surface area contributed by atoms with Gasteiger partial charge in [0.2, 0.25) is 5.91 Å². The summed E-state index contributed by atoms with van der Waals surface area (Å²) in [5, 5.41) is 6.59. The molecule has 1 saturated heterocycles. The van der Waals surface area contributed by atoms with Crippen LogP contribution in [0.2, 0.25) is 5.02 Å². The van der Waals surface area contributed by atoms with Crippen molar-refractivity contribution in [1.82, 2.24) is 15.2 Å². The van der Waals surface area contributed by atoms with Crippen molar-refractivity contribution in [3.05, 3.63) is 70.9 Å². The molecule has 2 N–H and O–H groups in total. The fourth-order valence-corrected chi connectivity index (χ4v) is 3.33. The summed E-state index contributed by atoms with van der Waals surface area (Å²) >= 11 is 6.16. The molecular weight excluding hydrogens is 380 g/mol. The Morgan fingerprint density at radius 3 is 2.79 bits per heavy atom. The molecule has 1 aliphatic heterocycles. The van der Waals surface area contributed by atoms with E-state index in [1.165, 1.54) is 0 Å². The summed E-state index contributed by atoms with van der Waals surface area (Å²) in [4.78, 5) is 42.0. The molecule has 7 nitrogen and oxygen atoms in total. The van der Waals surface area contributed by atoms with E-state index in [0.29, 0.717) is 27.4 Å². The Labute approximate surface area is 165 Å². The molecule has 0 atom stereocenters. The summed E-state index contributed by atoms with van der Waals surface area (Å²) in [6, 6.07) is 13.4. The van der Waals surface area contributed by atoms with Crippen LogP contribution in [0.1, 0.15) is 15.9 Å². The first kappa shape index (κ1) is 17.9. The average Bonchev–Trinajstić information content (AvgIpc) is 3.00. The Kier molecular flexibility index (Phi) is 4.67. The second-order valence-electron chi connectivity index (χ2n) is 6.28. The van der Waals surface area contributed by atoms with Gasteiger partial charge in [-0.25, -0.2) is 4.79 Å². The standard InChI is InChI=1S/C20H15ClN4O3/c21-14-8-12-5-3-7-22-18(12)16(9-14)24-19(27)15-6-2-1-4-13(15)11-25-17(26)10-23-20(25)28/h1-9H,10-11H2,(H,23,28)(H,24,27). The van der Waals surface area contributed by atoms with Gasteiger partial charge in [0.1, 0.15) is 0 Å². The Bertz CT molecular complexity index is 1100. The molecule has 0 bridgehead atoms. The summed E-state index contributed by atoms with van der Waals surface area (Å²) in [5.74, 6) is -0.706. The van der Waals surface area contributed by atoms with Crippen molar-refractivity contribution in [2.75, 3.05) is 11.9 Å². The van der Waals surface area contributed by atoms with Crippen molar-refractivity contribution in [2.45, 2.75) is 6.54 Å². The minimum atomic E-state index is -0.467. The van der Waals surface area contributed by atoms with Gasteiger partial charge in [0, 0.05) is 22.2 Å². The number of pyridine rings is 1. The van der Waals surface area contributed by atoms with E-state index in [9.17, 15) is 14.4 Å². The third kappa shape index (κ3) is 3.39. The molecule has 0 radical (unpaired) electrons. The average molecular weight is 395 g/mol. The molecule has 0 saturated carbocycles. The van der Waals surface area contributed by atoms with Crippen molar-refractivity contribution in [3.63, 3.8) is 0 Å².